The molecule has 3 nitrogen and oxygen atoms in total. The molecule has 0 aromatic carbocycles. The van der Waals surface area contributed by atoms with Crippen LogP contribution in [0.1, 0.15) is 38.7 Å². The quantitative estimate of drug-likeness (QED) is 0.922. The monoisotopic (exact) mass is 282 g/mol. The molecule has 19 heavy (non-hydrogen) atoms. The molecule has 1 aromatic rings. The number of aliphatic hydroxyl groups excluding tert-OH is 1. The summed E-state index contributed by atoms with van der Waals surface area (Å²) in [5.41, 5.74) is 0.752. The van der Waals surface area contributed by atoms with E-state index in [9.17, 15) is 5.11 Å². The number of hydrogen-bond donors (Lipinski definition) is 1. The minimum absolute atomic E-state index is 0.215. The fourth-order valence-corrected chi connectivity index (χ4v) is 2.91. The molecule has 1 saturated heterocycles. The Kier molecular flexibility index (Phi) is 4.82. The second-order valence-corrected chi connectivity index (χ2v) is 6.30. The first-order valence-electron chi connectivity index (χ1n) is 7.03. The maximum atomic E-state index is 10.6. The number of pyridine rings is 1. The van der Waals surface area contributed by atoms with Crippen molar-refractivity contribution in [2.75, 3.05) is 13.1 Å². The van der Waals surface area contributed by atoms with Crippen LogP contribution in [0.2, 0.25) is 5.02 Å². The summed E-state index contributed by atoms with van der Waals surface area (Å²) in [6.45, 7) is 6.40. The van der Waals surface area contributed by atoms with Gasteiger partial charge in [0, 0.05) is 24.4 Å². The summed E-state index contributed by atoms with van der Waals surface area (Å²) >= 11 is 6.12. The second-order valence-electron chi connectivity index (χ2n) is 5.89. The van der Waals surface area contributed by atoms with Crippen LogP contribution < -0.4 is 0 Å². The molecule has 0 spiro atoms. The zero-order valence-corrected chi connectivity index (χ0v) is 12.5. The van der Waals surface area contributed by atoms with Crippen molar-refractivity contribution in [1.29, 1.82) is 0 Å². The Balaban J connectivity index is 2.05. The average molecular weight is 283 g/mol. The molecule has 1 N–H and O–H groups in total. The van der Waals surface area contributed by atoms with Gasteiger partial charge in [0.15, 0.2) is 0 Å². The van der Waals surface area contributed by atoms with Crippen LogP contribution in [0.5, 0.6) is 0 Å². The molecule has 2 rings (SSSR count). The van der Waals surface area contributed by atoms with Gasteiger partial charge in [-0.2, -0.15) is 0 Å². The van der Waals surface area contributed by atoms with Gasteiger partial charge in [0.25, 0.3) is 0 Å². The van der Waals surface area contributed by atoms with Crippen molar-refractivity contribution in [3.8, 4) is 0 Å². The van der Waals surface area contributed by atoms with Crippen molar-refractivity contribution in [2.45, 2.75) is 51.2 Å². The van der Waals surface area contributed by atoms with Crippen LogP contribution in [0.25, 0.3) is 0 Å². The van der Waals surface area contributed by atoms with Crippen molar-refractivity contribution in [2.24, 2.45) is 0 Å². The third kappa shape index (κ3) is 3.47. The normalized spacial score (nSPS) is 19.4. The third-order valence-corrected chi connectivity index (χ3v) is 4.60. The van der Waals surface area contributed by atoms with Gasteiger partial charge >= 0.3 is 0 Å². The Morgan fingerprint density at radius 2 is 2.05 bits per heavy atom. The molecule has 106 valence electrons. The first-order valence-corrected chi connectivity index (χ1v) is 7.41. The maximum Gasteiger partial charge on any atom is 0.0759 e. The minimum atomic E-state index is -0.425. The molecule has 1 aromatic heterocycles. The van der Waals surface area contributed by atoms with Crippen LogP contribution in [0.15, 0.2) is 18.5 Å². The Bertz CT molecular complexity index is 416. The van der Waals surface area contributed by atoms with E-state index in [2.05, 4.69) is 23.7 Å². The van der Waals surface area contributed by atoms with Crippen molar-refractivity contribution in [3.63, 3.8) is 0 Å². The van der Waals surface area contributed by atoms with Crippen molar-refractivity contribution in [3.05, 3.63) is 29.0 Å². The second kappa shape index (κ2) is 6.21. The Morgan fingerprint density at radius 1 is 1.37 bits per heavy atom. The van der Waals surface area contributed by atoms with Gasteiger partial charge in [-0.05, 0) is 51.4 Å². The molecule has 1 atom stereocenters. The lowest BCUT2D eigenvalue weighted by Gasteiger charge is -2.44. The fraction of sp³-hybridized carbons (Fsp3) is 0.667. The lowest BCUT2D eigenvalue weighted by Crippen LogP contribution is -2.54. The number of rotatable bonds is 4. The molecule has 0 amide bonds. The summed E-state index contributed by atoms with van der Waals surface area (Å²) < 4.78 is 0. The number of nitrogens with zero attached hydrogens (tertiary/aromatic N) is 2. The van der Waals surface area contributed by atoms with Gasteiger partial charge in [-0.3, -0.25) is 9.88 Å². The van der Waals surface area contributed by atoms with E-state index in [0.29, 0.717) is 11.4 Å². The third-order valence-electron chi connectivity index (χ3n) is 4.26. The molecule has 2 heterocycles. The molecule has 0 saturated carbocycles. The number of piperidine rings is 1. The predicted molar refractivity (Wildman–Crippen MR) is 78.5 cm³/mol. The molecule has 1 fully saturated rings. The van der Waals surface area contributed by atoms with Crippen LogP contribution in [0, 0.1) is 0 Å². The highest BCUT2D eigenvalue weighted by atomic mass is 35.5. The first-order chi connectivity index (χ1) is 9.01. The molecular formula is C15H23ClN2O. The lowest BCUT2D eigenvalue weighted by molar-refractivity contribution is -0.0187. The predicted octanol–water partition coefficient (Wildman–Crippen LogP) is 2.90. The van der Waals surface area contributed by atoms with Crippen LogP contribution >= 0.6 is 11.6 Å². The molecule has 0 bridgehead atoms. The van der Waals surface area contributed by atoms with Crippen LogP contribution in [-0.4, -0.2) is 39.7 Å². The maximum absolute atomic E-state index is 10.6. The van der Waals surface area contributed by atoms with Gasteiger partial charge < -0.3 is 5.11 Å². The largest absolute Gasteiger partial charge is 0.391 e. The molecule has 4 heteroatoms. The van der Waals surface area contributed by atoms with Gasteiger partial charge in [0.05, 0.1) is 11.1 Å². The number of aliphatic hydroxyl groups is 1. The highest BCUT2D eigenvalue weighted by molar-refractivity contribution is 6.31. The van der Waals surface area contributed by atoms with E-state index < -0.39 is 6.10 Å². The van der Waals surface area contributed by atoms with Gasteiger partial charge in [-0.15, -0.1) is 0 Å². The summed E-state index contributed by atoms with van der Waals surface area (Å²) in [6.07, 6.45) is 7.27. The highest BCUT2D eigenvalue weighted by Gasteiger charge is 2.35. The first kappa shape index (κ1) is 14.8. The summed E-state index contributed by atoms with van der Waals surface area (Å²) in [5, 5.41) is 11.2. The Labute approximate surface area is 120 Å². The van der Waals surface area contributed by atoms with Crippen molar-refractivity contribution in [1.82, 2.24) is 9.88 Å². The smallest absolute Gasteiger partial charge is 0.0759 e. The van der Waals surface area contributed by atoms with E-state index in [1.165, 1.54) is 19.3 Å². The lowest BCUT2D eigenvalue weighted by atomic mass is 9.88. The SMILES string of the molecule is CC(C)(C(O)Cc1ccncc1Cl)N1CCCCC1. The number of hydrogen-bond acceptors (Lipinski definition) is 3. The Hall–Kier alpha value is -0.640. The van der Waals surface area contributed by atoms with E-state index in [4.69, 9.17) is 11.6 Å². The van der Waals surface area contributed by atoms with Crippen LogP contribution in [0.3, 0.4) is 0 Å². The topological polar surface area (TPSA) is 36.4 Å². The average Bonchev–Trinajstić information content (AvgIpc) is 2.42. The molecule has 0 radical (unpaired) electrons. The van der Waals surface area contributed by atoms with E-state index in [0.717, 1.165) is 18.7 Å². The molecule has 1 aliphatic heterocycles. The number of halogens is 1. The van der Waals surface area contributed by atoms with Gasteiger partial charge in [-0.25, -0.2) is 0 Å². The Morgan fingerprint density at radius 3 is 2.68 bits per heavy atom. The summed E-state index contributed by atoms with van der Waals surface area (Å²) in [5.74, 6) is 0. The molecule has 1 unspecified atom stereocenters. The van der Waals surface area contributed by atoms with Gasteiger partial charge in [-0.1, -0.05) is 18.0 Å². The fourth-order valence-electron chi connectivity index (χ4n) is 2.71. The molecule has 1 aliphatic rings. The summed E-state index contributed by atoms with van der Waals surface area (Å²) in [4.78, 5) is 6.38. The van der Waals surface area contributed by atoms with E-state index >= 15 is 0 Å². The van der Waals surface area contributed by atoms with E-state index in [1.54, 1.807) is 12.4 Å². The zero-order valence-electron chi connectivity index (χ0n) is 11.8. The standard InChI is InChI=1S/C15H23ClN2O/c1-15(2,18-8-4-3-5-9-18)14(19)10-12-6-7-17-11-13(12)16/h6-7,11,14,19H,3-5,8-10H2,1-2H3. The summed E-state index contributed by atoms with van der Waals surface area (Å²) in [6, 6.07) is 1.89. The van der Waals surface area contributed by atoms with Crippen LogP contribution in [-0.2, 0) is 6.42 Å². The van der Waals surface area contributed by atoms with E-state index in [-0.39, 0.29) is 5.54 Å². The molecule has 0 aliphatic carbocycles. The van der Waals surface area contributed by atoms with Gasteiger partial charge in [0.2, 0.25) is 0 Å². The highest BCUT2D eigenvalue weighted by Crippen LogP contribution is 2.27. The minimum Gasteiger partial charge on any atom is -0.391 e. The number of aromatic nitrogens is 1. The van der Waals surface area contributed by atoms with E-state index in [1.807, 2.05) is 6.07 Å². The van der Waals surface area contributed by atoms with Crippen molar-refractivity contribution >= 4 is 11.6 Å². The molecular weight excluding hydrogens is 260 g/mol. The number of likely N-dealkylation sites (tertiary alicyclic amines) is 1. The summed E-state index contributed by atoms with van der Waals surface area (Å²) in [7, 11) is 0. The van der Waals surface area contributed by atoms with Crippen LogP contribution in [0.4, 0.5) is 0 Å². The zero-order chi connectivity index (χ0) is 13.9. The van der Waals surface area contributed by atoms with Crippen molar-refractivity contribution < 1.29 is 5.11 Å². The van der Waals surface area contributed by atoms with Gasteiger partial charge in [0.1, 0.15) is 0 Å².